The molecule has 128 valence electrons. The van der Waals surface area contributed by atoms with Crippen molar-refractivity contribution >= 4 is 17.2 Å². The minimum atomic E-state index is -0.0400. The van der Waals surface area contributed by atoms with Gasteiger partial charge in [-0.1, -0.05) is 24.3 Å². The molecule has 4 nitrogen and oxygen atoms in total. The lowest BCUT2D eigenvalue weighted by atomic mass is 10.2. The van der Waals surface area contributed by atoms with Gasteiger partial charge in [-0.15, -0.1) is 11.3 Å². The molecule has 0 atom stereocenters. The smallest absolute Gasteiger partial charge is 0.261 e. The fourth-order valence-corrected chi connectivity index (χ4v) is 3.21. The van der Waals surface area contributed by atoms with Crippen molar-refractivity contribution in [2.24, 2.45) is 0 Å². The molecule has 0 aliphatic rings. The average molecular weight is 353 g/mol. The second-order valence-corrected chi connectivity index (χ2v) is 6.43. The van der Waals surface area contributed by atoms with Crippen molar-refractivity contribution in [2.45, 2.75) is 13.5 Å². The number of thiophene rings is 1. The lowest BCUT2D eigenvalue weighted by Crippen LogP contribution is -2.22. The van der Waals surface area contributed by atoms with E-state index in [0.29, 0.717) is 23.8 Å². The van der Waals surface area contributed by atoms with E-state index in [9.17, 15) is 4.79 Å². The van der Waals surface area contributed by atoms with Crippen LogP contribution in [0.2, 0.25) is 0 Å². The van der Waals surface area contributed by atoms with Crippen molar-refractivity contribution in [3.63, 3.8) is 0 Å². The predicted molar refractivity (Wildman–Crippen MR) is 99.7 cm³/mol. The number of benzene rings is 2. The Balaban J connectivity index is 1.61. The third kappa shape index (κ3) is 4.19. The van der Waals surface area contributed by atoms with Crippen LogP contribution in [0.3, 0.4) is 0 Å². The Labute approximate surface area is 151 Å². The minimum absolute atomic E-state index is 0.0400. The van der Waals surface area contributed by atoms with Gasteiger partial charge in [0.1, 0.15) is 5.75 Å². The summed E-state index contributed by atoms with van der Waals surface area (Å²) >= 11 is 1.46. The summed E-state index contributed by atoms with van der Waals surface area (Å²) in [6, 6.07) is 17.1. The van der Waals surface area contributed by atoms with Crippen LogP contribution in [-0.2, 0) is 6.54 Å². The molecule has 5 heteroatoms. The number of aryl methyl sites for hydroxylation is 1. The lowest BCUT2D eigenvalue weighted by Gasteiger charge is -2.10. The molecule has 3 rings (SSSR count). The summed E-state index contributed by atoms with van der Waals surface area (Å²) in [6.07, 6.45) is 0. The highest BCUT2D eigenvalue weighted by Gasteiger charge is 2.10. The highest BCUT2D eigenvalue weighted by Crippen LogP contribution is 2.30. The molecular weight excluding hydrogens is 334 g/mol. The molecule has 1 N–H and O–H groups in total. The largest absolute Gasteiger partial charge is 0.493 e. The number of hydrogen-bond acceptors (Lipinski definition) is 4. The number of ether oxygens (including phenoxy) is 2. The summed E-state index contributed by atoms with van der Waals surface area (Å²) in [5.74, 6) is 2.03. The predicted octanol–water partition coefficient (Wildman–Crippen LogP) is 4.79. The third-order valence-corrected chi connectivity index (χ3v) is 4.76. The zero-order chi connectivity index (χ0) is 17.6. The van der Waals surface area contributed by atoms with Gasteiger partial charge in [-0.3, -0.25) is 4.79 Å². The van der Waals surface area contributed by atoms with Gasteiger partial charge < -0.3 is 14.8 Å². The lowest BCUT2D eigenvalue weighted by molar-refractivity contribution is 0.0954. The van der Waals surface area contributed by atoms with E-state index in [2.05, 4.69) is 5.32 Å². The van der Waals surface area contributed by atoms with Gasteiger partial charge in [0.25, 0.3) is 5.91 Å². The van der Waals surface area contributed by atoms with E-state index in [1.165, 1.54) is 11.3 Å². The van der Waals surface area contributed by atoms with E-state index >= 15 is 0 Å². The maximum Gasteiger partial charge on any atom is 0.261 e. The number of nitrogens with one attached hydrogen (secondary N) is 1. The van der Waals surface area contributed by atoms with Gasteiger partial charge in [-0.2, -0.15) is 0 Å². The number of amides is 1. The van der Waals surface area contributed by atoms with Gasteiger partial charge in [0.05, 0.1) is 12.0 Å². The van der Waals surface area contributed by atoms with E-state index < -0.39 is 0 Å². The topological polar surface area (TPSA) is 47.6 Å². The van der Waals surface area contributed by atoms with Crippen molar-refractivity contribution in [1.82, 2.24) is 5.32 Å². The van der Waals surface area contributed by atoms with Gasteiger partial charge in [-0.05, 0) is 53.8 Å². The molecule has 0 saturated heterocycles. The first-order chi connectivity index (χ1) is 12.2. The van der Waals surface area contributed by atoms with Crippen molar-refractivity contribution < 1.29 is 14.3 Å². The van der Waals surface area contributed by atoms with E-state index in [1.54, 1.807) is 7.11 Å². The molecule has 2 aromatic carbocycles. The molecule has 1 aromatic heterocycles. The van der Waals surface area contributed by atoms with Crippen LogP contribution in [0.1, 0.15) is 20.8 Å². The number of methoxy groups -OCH3 is 1. The summed E-state index contributed by atoms with van der Waals surface area (Å²) in [6.45, 7) is 2.42. The van der Waals surface area contributed by atoms with E-state index in [0.717, 1.165) is 16.0 Å². The first-order valence-corrected chi connectivity index (χ1v) is 8.77. The van der Waals surface area contributed by atoms with Crippen LogP contribution >= 0.6 is 11.3 Å². The number of hydrogen-bond donors (Lipinski definition) is 1. The van der Waals surface area contributed by atoms with E-state index in [-0.39, 0.29) is 5.91 Å². The zero-order valence-electron chi connectivity index (χ0n) is 14.1. The Kier molecular flexibility index (Phi) is 5.36. The van der Waals surface area contributed by atoms with Crippen molar-refractivity contribution in [1.29, 1.82) is 0 Å². The summed E-state index contributed by atoms with van der Waals surface area (Å²) in [7, 11) is 1.61. The molecule has 0 spiro atoms. The molecular formula is C20H19NO3S. The molecule has 3 aromatic rings. The van der Waals surface area contributed by atoms with Crippen LogP contribution in [0.15, 0.2) is 60.0 Å². The van der Waals surface area contributed by atoms with Gasteiger partial charge in [0, 0.05) is 6.54 Å². The Morgan fingerprint density at radius 1 is 1.04 bits per heavy atom. The molecule has 0 radical (unpaired) electrons. The zero-order valence-corrected chi connectivity index (χ0v) is 14.9. The Morgan fingerprint density at radius 3 is 2.40 bits per heavy atom. The maximum atomic E-state index is 12.1. The molecule has 25 heavy (non-hydrogen) atoms. The molecule has 0 fully saturated rings. The number of rotatable bonds is 6. The molecule has 1 heterocycles. The highest BCUT2D eigenvalue weighted by molar-refractivity contribution is 7.12. The number of carbonyl (C=O) groups excluding carboxylic acids is 1. The van der Waals surface area contributed by atoms with Crippen molar-refractivity contribution in [3.8, 4) is 17.2 Å². The van der Waals surface area contributed by atoms with Gasteiger partial charge in [0.2, 0.25) is 0 Å². The maximum absolute atomic E-state index is 12.1. The monoisotopic (exact) mass is 353 g/mol. The van der Waals surface area contributed by atoms with E-state index in [1.807, 2.05) is 66.9 Å². The van der Waals surface area contributed by atoms with Crippen LogP contribution in [0.4, 0.5) is 0 Å². The molecule has 1 amide bonds. The highest BCUT2D eigenvalue weighted by atomic mass is 32.1. The molecule has 0 aliphatic heterocycles. The molecule has 0 aliphatic carbocycles. The first-order valence-electron chi connectivity index (χ1n) is 7.89. The van der Waals surface area contributed by atoms with Crippen LogP contribution in [0, 0.1) is 6.92 Å². The number of carbonyl (C=O) groups is 1. The van der Waals surface area contributed by atoms with Gasteiger partial charge in [-0.25, -0.2) is 0 Å². The molecule has 0 unspecified atom stereocenters. The normalized spacial score (nSPS) is 10.3. The van der Waals surface area contributed by atoms with Crippen LogP contribution in [0.5, 0.6) is 17.2 Å². The van der Waals surface area contributed by atoms with E-state index in [4.69, 9.17) is 9.47 Å². The average Bonchev–Trinajstić information content (AvgIpc) is 3.07. The second kappa shape index (κ2) is 7.85. The van der Waals surface area contributed by atoms with Gasteiger partial charge >= 0.3 is 0 Å². The number of para-hydroxylation sites is 2. The standard InChI is InChI=1S/C20H19NO3S/c1-14-11-12-25-19(14)20(22)21-13-15-7-9-16(10-8-15)24-18-6-4-3-5-17(18)23-2/h3-12H,13H2,1-2H3,(H,21,22). The van der Waals surface area contributed by atoms with Gasteiger partial charge in [0.15, 0.2) is 11.5 Å². The fourth-order valence-electron chi connectivity index (χ4n) is 2.37. The molecule has 0 bridgehead atoms. The first kappa shape index (κ1) is 17.0. The summed E-state index contributed by atoms with van der Waals surface area (Å²) in [5, 5.41) is 4.87. The Hall–Kier alpha value is -2.79. The Morgan fingerprint density at radius 2 is 1.76 bits per heavy atom. The van der Waals surface area contributed by atoms with Crippen LogP contribution in [-0.4, -0.2) is 13.0 Å². The SMILES string of the molecule is COc1ccccc1Oc1ccc(CNC(=O)c2sccc2C)cc1. The summed E-state index contributed by atoms with van der Waals surface area (Å²) in [4.78, 5) is 12.9. The summed E-state index contributed by atoms with van der Waals surface area (Å²) in [5.41, 5.74) is 2.01. The van der Waals surface area contributed by atoms with Crippen molar-refractivity contribution in [3.05, 3.63) is 76.0 Å². The summed E-state index contributed by atoms with van der Waals surface area (Å²) < 4.78 is 11.1. The van der Waals surface area contributed by atoms with Crippen molar-refractivity contribution in [2.75, 3.05) is 7.11 Å². The second-order valence-electron chi connectivity index (χ2n) is 5.51. The van der Waals surface area contributed by atoms with Crippen LogP contribution in [0.25, 0.3) is 0 Å². The molecule has 0 saturated carbocycles. The third-order valence-electron chi connectivity index (χ3n) is 3.74. The fraction of sp³-hybridized carbons (Fsp3) is 0.150. The quantitative estimate of drug-likeness (QED) is 0.693. The Bertz CT molecular complexity index is 855. The minimum Gasteiger partial charge on any atom is -0.493 e. The van der Waals surface area contributed by atoms with Crippen LogP contribution < -0.4 is 14.8 Å².